The van der Waals surface area contributed by atoms with Crippen LogP contribution in [0.5, 0.6) is 0 Å². The lowest BCUT2D eigenvalue weighted by Crippen LogP contribution is -2.31. The summed E-state index contributed by atoms with van der Waals surface area (Å²) in [5, 5.41) is 29.8. The van der Waals surface area contributed by atoms with Gasteiger partial charge in [0.05, 0.1) is 18.8 Å². The van der Waals surface area contributed by atoms with Gasteiger partial charge in [0.15, 0.2) is 11.4 Å². The molecule has 4 rings (SSSR count). The van der Waals surface area contributed by atoms with Crippen molar-refractivity contribution in [1.29, 1.82) is 0 Å². The van der Waals surface area contributed by atoms with Crippen molar-refractivity contribution in [2.75, 3.05) is 5.75 Å². The summed E-state index contributed by atoms with van der Waals surface area (Å²) < 4.78 is 14.6. The molecule has 1 saturated heterocycles. The molecule has 0 spiro atoms. The zero-order valence-corrected chi connectivity index (χ0v) is 22.0. The van der Waals surface area contributed by atoms with Crippen LogP contribution in [0.4, 0.5) is 0 Å². The fourth-order valence-corrected chi connectivity index (χ4v) is 4.98. The van der Waals surface area contributed by atoms with Gasteiger partial charge in [0.2, 0.25) is 5.91 Å². The smallest absolute Gasteiger partial charge is 0.303 e. The summed E-state index contributed by atoms with van der Waals surface area (Å²) in [6.07, 6.45) is 1.97. The number of rotatable bonds is 12. The third-order valence-electron chi connectivity index (χ3n) is 6.22. The molecule has 3 N–H and O–H groups in total. The van der Waals surface area contributed by atoms with E-state index >= 15 is 0 Å². The molecule has 0 bridgehead atoms. The zero-order valence-electron chi connectivity index (χ0n) is 21.2. The monoisotopic (exact) mass is 540 g/mol. The van der Waals surface area contributed by atoms with Gasteiger partial charge in [0, 0.05) is 44.2 Å². The molecule has 1 aromatic heterocycles. The minimum Gasteiger partial charge on any atom is -0.481 e. The number of aliphatic carboxylic acids is 1. The molecule has 1 amide bonds. The summed E-state index contributed by atoms with van der Waals surface area (Å²) in [6.45, 7) is 0.346. The summed E-state index contributed by atoms with van der Waals surface area (Å²) >= 11 is 1.58. The van der Waals surface area contributed by atoms with E-state index in [-0.39, 0.29) is 37.6 Å². The lowest BCUT2D eigenvalue weighted by molar-refractivity contribution is -0.245. The Bertz CT molecular complexity index is 1200. The zero-order chi connectivity index (χ0) is 26.9. The van der Waals surface area contributed by atoms with Crippen molar-refractivity contribution >= 4 is 23.6 Å². The number of hydrogen-bond acceptors (Lipinski definition) is 8. The number of ether oxygens (including phenoxy) is 2. The van der Waals surface area contributed by atoms with E-state index in [1.54, 1.807) is 18.1 Å². The van der Waals surface area contributed by atoms with Gasteiger partial charge in [-0.05, 0) is 23.1 Å². The van der Waals surface area contributed by atoms with Crippen LogP contribution in [0, 0.1) is 0 Å². The third kappa shape index (κ3) is 7.87. The predicted molar refractivity (Wildman–Crippen MR) is 140 cm³/mol. The molecule has 0 saturated carbocycles. The minimum atomic E-state index is -0.903. The number of aryl methyl sites for hydroxylation is 1. The Labute approximate surface area is 225 Å². The van der Waals surface area contributed by atoms with Crippen LogP contribution in [0.2, 0.25) is 0 Å². The summed E-state index contributed by atoms with van der Waals surface area (Å²) in [5.41, 5.74) is 3.65. The number of aliphatic hydroxyl groups is 1. The van der Waals surface area contributed by atoms with E-state index in [0.717, 1.165) is 27.4 Å². The quantitative estimate of drug-likeness (QED) is 0.295. The lowest BCUT2D eigenvalue weighted by Gasteiger charge is -2.36. The van der Waals surface area contributed by atoms with Crippen molar-refractivity contribution in [3.8, 4) is 0 Å². The Kier molecular flexibility index (Phi) is 9.88. The number of hydrogen-bond donors (Lipinski definition) is 3. The summed E-state index contributed by atoms with van der Waals surface area (Å²) in [7, 11) is 1.90. The SMILES string of the molecule is Cn1cnnc1SC[C@@H]1C[C@H](c2ccc(CO)cc2)O[C@H](c2ccc(CNC(=O)CCCC(=O)O)cc2)O1. The average Bonchev–Trinajstić information content (AvgIpc) is 3.35. The van der Waals surface area contributed by atoms with E-state index in [0.29, 0.717) is 25.1 Å². The Morgan fingerprint density at radius 3 is 2.42 bits per heavy atom. The maximum Gasteiger partial charge on any atom is 0.303 e. The van der Waals surface area contributed by atoms with Crippen molar-refractivity contribution in [2.24, 2.45) is 7.05 Å². The Morgan fingerprint density at radius 1 is 1.05 bits per heavy atom. The van der Waals surface area contributed by atoms with E-state index in [1.165, 1.54) is 0 Å². The molecule has 0 radical (unpaired) electrons. The highest BCUT2D eigenvalue weighted by Crippen LogP contribution is 2.39. The molecule has 2 aromatic carbocycles. The van der Waals surface area contributed by atoms with Gasteiger partial charge in [0.25, 0.3) is 0 Å². The molecule has 0 unspecified atom stereocenters. The Balaban J connectivity index is 1.40. The maximum absolute atomic E-state index is 12.0. The number of carbonyl (C=O) groups is 2. The third-order valence-corrected chi connectivity index (χ3v) is 7.39. The van der Waals surface area contributed by atoms with Crippen LogP contribution in [-0.4, -0.2) is 48.7 Å². The van der Waals surface area contributed by atoms with Gasteiger partial charge in [-0.25, -0.2) is 0 Å². The molecule has 3 aromatic rings. The van der Waals surface area contributed by atoms with Crippen molar-refractivity contribution in [2.45, 2.75) is 62.5 Å². The molecule has 0 aliphatic carbocycles. The minimum absolute atomic E-state index is 0.0103. The lowest BCUT2D eigenvalue weighted by atomic mass is 10.0. The van der Waals surface area contributed by atoms with Crippen molar-refractivity contribution in [3.05, 3.63) is 77.1 Å². The summed E-state index contributed by atoms with van der Waals surface area (Å²) in [5.74, 6) is -0.393. The fraction of sp³-hybridized carbons (Fsp3) is 0.407. The molecular formula is C27H32N4O6S. The van der Waals surface area contributed by atoms with Gasteiger partial charge in [-0.2, -0.15) is 0 Å². The Hall–Kier alpha value is -3.25. The first-order valence-electron chi connectivity index (χ1n) is 12.5. The van der Waals surface area contributed by atoms with E-state index in [1.807, 2.05) is 60.1 Å². The number of aliphatic hydroxyl groups excluding tert-OH is 1. The van der Waals surface area contributed by atoms with Gasteiger partial charge < -0.3 is 29.6 Å². The highest BCUT2D eigenvalue weighted by atomic mass is 32.2. The number of thioether (sulfide) groups is 1. The fourth-order valence-electron chi connectivity index (χ4n) is 4.08. The second-order valence-corrected chi connectivity index (χ2v) is 10.1. The van der Waals surface area contributed by atoms with E-state index in [2.05, 4.69) is 15.5 Å². The van der Waals surface area contributed by atoms with Crippen LogP contribution in [0.3, 0.4) is 0 Å². The van der Waals surface area contributed by atoms with Crippen LogP contribution in [-0.2, 0) is 39.3 Å². The van der Waals surface area contributed by atoms with Crippen molar-refractivity contribution in [3.63, 3.8) is 0 Å². The number of carboxylic acid groups (broad SMARTS) is 1. The van der Waals surface area contributed by atoms with Crippen LogP contribution in [0.1, 0.15) is 60.3 Å². The first kappa shape index (κ1) is 27.8. The van der Waals surface area contributed by atoms with Crippen LogP contribution < -0.4 is 5.32 Å². The van der Waals surface area contributed by atoms with Gasteiger partial charge >= 0.3 is 5.97 Å². The summed E-state index contributed by atoms with van der Waals surface area (Å²) in [6, 6.07) is 15.5. The van der Waals surface area contributed by atoms with Gasteiger partial charge in [-0.1, -0.05) is 60.3 Å². The molecule has 10 nitrogen and oxygen atoms in total. The number of nitrogens with zero attached hydrogens (tertiary/aromatic N) is 3. The van der Waals surface area contributed by atoms with E-state index in [4.69, 9.17) is 14.6 Å². The highest BCUT2D eigenvalue weighted by Gasteiger charge is 2.32. The summed E-state index contributed by atoms with van der Waals surface area (Å²) in [4.78, 5) is 22.6. The maximum atomic E-state index is 12.0. The molecule has 3 atom stereocenters. The Morgan fingerprint density at radius 2 is 1.76 bits per heavy atom. The molecule has 202 valence electrons. The van der Waals surface area contributed by atoms with Crippen LogP contribution in [0.25, 0.3) is 0 Å². The highest BCUT2D eigenvalue weighted by molar-refractivity contribution is 7.99. The van der Waals surface area contributed by atoms with Crippen molar-refractivity contribution in [1.82, 2.24) is 20.1 Å². The number of amides is 1. The van der Waals surface area contributed by atoms with Crippen LogP contribution >= 0.6 is 11.8 Å². The standard InChI is InChI=1S/C27H32N4O6S/c1-31-17-29-30-27(31)38-16-22-13-23(20-9-7-19(15-32)8-10-20)37-26(36-22)21-11-5-18(6-12-21)14-28-24(33)3-2-4-25(34)35/h5-12,17,22-23,26,32H,2-4,13-16H2,1H3,(H,28,33)(H,34,35)/t22-,23+,26+/m0/s1. The molecule has 11 heteroatoms. The number of carbonyl (C=O) groups excluding carboxylic acids is 1. The molecular weight excluding hydrogens is 508 g/mol. The molecule has 1 aliphatic heterocycles. The van der Waals surface area contributed by atoms with Gasteiger partial charge in [0.1, 0.15) is 6.33 Å². The van der Waals surface area contributed by atoms with E-state index < -0.39 is 12.3 Å². The predicted octanol–water partition coefficient (Wildman–Crippen LogP) is 3.52. The number of carboxylic acids is 1. The topological polar surface area (TPSA) is 136 Å². The van der Waals surface area contributed by atoms with Crippen LogP contribution in [0.15, 0.2) is 60.0 Å². The first-order valence-corrected chi connectivity index (χ1v) is 13.4. The van der Waals surface area contributed by atoms with Gasteiger partial charge in [-0.3, -0.25) is 9.59 Å². The average molecular weight is 541 g/mol. The van der Waals surface area contributed by atoms with E-state index in [9.17, 15) is 14.7 Å². The number of benzene rings is 2. The molecule has 1 fully saturated rings. The molecule has 2 heterocycles. The second kappa shape index (κ2) is 13.5. The number of aromatic nitrogens is 3. The normalized spacial score (nSPS) is 19.3. The van der Waals surface area contributed by atoms with Crippen molar-refractivity contribution < 1.29 is 29.3 Å². The molecule has 38 heavy (non-hydrogen) atoms. The second-order valence-electron chi connectivity index (χ2n) is 9.15. The van der Waals surface area contributed by atoms with Gasteiger partial charge in [-0.15, -0.1) is 10.2 Å². The largest absolute Gasteiger partial charge is 0.481 e. The first-order chi connectivity index (χ1) is 18.4. The molecule has 1 aliphatic rings. The number of nitrogens with one attached hydrogen (secondary N) is 1.